The molecule has 1 N–H and O–H groups in total. The largest absolute Gasteiger partial charge is 0.444 e. The van der Waals surface area contributed by atoms with Crippen LogP contribution in [0.5, 0.6) is 0 Å². The van der Waals surface area contributed by atoms with Crippen molar-refractivity contribution in [2.45, 2.75) is 58.2 Å². The Kier molecular flexibility index (Phi) is 7.22. The van der Waals surface area contributed by atoms with E-state index in [9.17, 15) is 9.59 Å². The number of hydrogen-bond donors (Lipinski definition) is 1. The highest BCUT2D eigenvalue weighted by Gasteiger charge is 2.45. The van der Waals surface area contributed by atoms with Crippen molar-refractivity contribution in [2.75, 3.05) is 25.0 Å². The lowest BCUT2D eigenvalue weighted by Gasteiger charge is -2.41. The van der Waals surface area contributed by atoms with E-state index in [0.717, 1.165) is 47.6 Å². The van der Waals surface area contributed by atoms with Crippen molar-refractivity contribution in [3.63, 3.8) is 0 Å². The molecule has 42 heavy (non-hydrogen) atoms. The summed E-state index contributed by atoms with van der Waals surface area (Å²) in [6.45, 7) is 9.61. The van der Waals surface area contributed by atoms with Crippen LogP contribution in [-0.2, 0) is 4.74 Å². The number of nitrogens with zero attached hydrogens (tertiary/aromatic N) is 6. The van der Waals surface area contributed by atoms with Gasteiger partial charge in [0, 0.05) is 42.9 Å². The first kappa shape index (κ1) is 27.6. The van der Waals surface area contributed by atoms with Crippen LogP contribution in [0.4, 0.5) is 16.4 Å². The van der Waals surface area contributed by atoms with E-state index in [4.69, 9.17) is 9.72 Å². The number of carbonyl (C=O) groups is 2. The maximum Gasteiger partial charge on any atom is 0.410 e. The number of amides is 2. The average Bonchev–Trinajstić information content (AvgIpc) is 3.22. The van der Waals surface area contributed by atoms with Gasteiger partial charge in [0.2, 0.25) is 11.7 Å². The molecular weight excluding hydrogens is 530 g/mol. The SMILES string of the molecule is CC[N+]1=C(c2cccnc2)C(c2ccnc(Nc3ccc(C(=O)N4CC5CCC(C4)N5C(=O)OC(C)(C)C)cc3)n2)=C1. The van der Waals surface area contributed by atoms with Crippen molar-refractivity contribution in [3.05, 3.63) is 84.1 Å². The van der Waals surface area contributed by atoms with Crippen LogP contribution in [0.3, 0.4) is 0 Å². The third-order valence-electron chi connectivity index (χ3n) is 7.80. The molecule has 6 rings (SSSR count). The second-order valence-corrected chi connectivity index (χ2v) is 11.9. The Balaban J connectivity index is 1.10. The average molecular weight is 567 g/mol. The first-order chi connectivity index (χ1) is 20.2. The summed E-state index contributed by atoms with van der Waals surface area (Å²) in [5, 5.41) is 3.27. The smallest absolute Gasteiger partial charge is 0.410 e. The van der Waals surface area contributed by atoms with E-state index in [1.165, 1.54) is 0 Å². The number of likely N-dealkylation sites (tertiary alicyclic amines) is 1. The quantitative estimate of drug-likeness (QED) is 0.431. The molecule has 1 aromatic carbocycles. The normalized spacial score (nSPS) is 19.8. The van der Waals surface area contributed by atoms with Gasteiger partial charge in [-0.15, -0.1) is 0 Å². The first-order valence-electron chi connectivity index (χ1n) is 14.5. The fraction of sp³-hybridized carbons (Fsp3) is 0.375. The monoisotopic (exact) mass is 566 g/mol. The third kappa shape index (κ3) is 5.48. The number of ether oxygens (including phenoxy) is 1. The van der Waals surface area contributed by atoms with Crippen LogP contribution in [0.2, 0.25) is 0 Å². The molecule has 2 fully saturated rings. The van der Waals surface area contributed by atoms with Gasteiger partial charge in [-0.2, -0.15) is 4.58 Å². The Bertz CT molecular complexity index is 1550. The highest BCUT2D eigenvalue weighted by molar-refractivity contribution is 6.31. The summed E-state index contributed by atoms with van der Waals surface area (Å²) in [7, 11) is 0. The second-order valence-electron chi connectivity index (χ2n) is 11.9. The van der Waals surface area contributed by atoms with E-state index in [1.807, 2.05) is 79.2 Å². The standard InChI is InChI=1S/C32H35N7O3/c1-5-37-20-26(28(37)22-7-6-15-33-17-22)27-14-16-34-30(36-27)35-23-10-8-21(9-11-23)29(40)38-18-24-12-13-25(19-38)39(24)31(41)42-32(2,3)4/h6-11,14-17,20,24-25H,5,12-13,18-19H2,1-4H3/p+1. The van der Waals surface area contributed by atoms with Crippen molar-refractivity contribution < 1.29 is 18.9 Å². The predicted molar refractivity (Wildman–Crippen MR) is 160 cm³/mol. The molecule has 2 atom stereocenters. The van der Waals surface area contributed by atoms with Gasteiger partial charge in [0.1, 0.15) is 17.7 Å². The number of fused-ring (bicyclic) bond motifs is 2. The van der Waals surface area contributed by atoms with Crippen molar-refractivity contribution in [1.82, 2.24) is 24.8 Å². The van der Waals surface area contributed by atoms with E-state index in [1.54, 1.807) is 12.4 Å². The Morgan fingerprint density at radius 2 is 1.79 bits per heavy atom. The van der Waals surface area contributed by atoms with E-state index in [2.05, 4.69) is 33.0 Å². The number of aromatic nitrogens is 3. The molecule has 3 aromatic rings. The number of carbonyl (C=O) groups excluding carboxylic acids is 2. The molecule has 0 aliphatic carbocycles. The number of nitrogens with one attached hydrogen (secondary N) is 1. The summed E-state index contributed by atoms with van der Waals surface area (Å²) < 4.78 is 7.80. The van der Waals surface area contributed by atoms with Crippen molar-refractivity contribution in [2.24, 2.45) is 0 Å². The van der Waals surface area contributed by atoms with Gasteiger partial charge in [-0.1, -0.05) is 0 Å². The van der Waals surface area contributed by atoms with E-state index < -0.39 is 5.60 Å². The van der Waals surface area contributed by atoms with Crippen LogP contribution >= 0.6 is 0 Å². The Labute approximate surface area is 245 Å². The molecular formula is C32H36N7O3+. The van der Waals surface area contributed by atoms with Gasteiger partial charge in [-0.25, -0.2) is 14.8 Å². The first-order valence-corrected chi connectivity index (χ1v) is 14.5. The van der Waals surface area contributed by atoms with Crippen LogP contribution in [-0.4, -0.2) is 84.4 Å². The Morgan fingerprint density at radius 1 is 1.05 bits per heavy atom. The number of rotatable bonds is 6. The molecule has 2 bridgehead atoms. The van der Waals surface area contributed by atoms with Crippen LogP contribution < -0.4 is 5.32 Å². The molecule has 2 unspecified atom stereocenters. The number of hydrogen-bond acceptors (Lipinski definition) is 7. The topological polar surface area (TPSA) is 104 Å². The molecule has 0 radical (unpaired) electrons. The van der Waals surface area contributed by atoms with E-state index >= 15 is 0 Å². The fourth-order valence-electron chi connectivity index (χ4n) is 5.89. The minimum atomic E-state index is -0.544. The van der Waals surface area contributed by atoms with E-state index in [-0.39, 0.29) is 24.1 Å². The highest BCUT2D eigenvalue weighted by Crippen LogP contribution is 2.33. The Morgan fingerprint density at radius 3 is 2.43 bits per heavy atom. The molecule has 10 heteroatoms. The van der Waals surface area contributed by atoms with Crippen LogP contribution in [0.1, 0.15) is 62.2 Å². The molecule has 2 aromatic heterocycles. The van der Waals surface area contributed by atoms with Gasteiger partial charge in [0.05, 0.1) is 23.3 Å². The van der Waals surface area contributed by atoms with Crippen LogP contribution in [0.15, 0.2) is 67.3 Å². The molecule has 216 valence electrons. The number of piperazine rings is 1. The molecule has 0 saturated carbocycles. The summed E-state index contributed by atoms with van der Waals surface area (Å²) in [6, 6.07) is 13.2. The van der Waals surface area contributed by atoms with Crippen LogP contribution in [0.25, 0.3) is 5.57 Å². The van der Waals surface area contributed by atoms with Crippen LogP contribution in [0, 0.1) is 0 Å². The number of benzene rings is 1. The second kappa shape index (κ2) is 11.0. The zero-order valence-electron chi connectivity index (χ0n) is 24.4. The minimum absolute atomic E-state index is 0.0148. The van der Waals surface area contributed by atoms with Gasteiger partial charge < -0.3 is 15.0 Å². The molecule has 5 heterocycles. The van der Waals surface area contributed by atoms with E-state index in [0.29, 0.717) is 24.6 Å². The molecule has 2 amide bonds. The molecule has 3 aliphatic heterocycles. The lowest BCUT2D eigenvalue weighted by molar-refractivity contribution is -0.459. The number of anilines is 2. The summed E-state index contributed by atoms with van der Waals surface area (Å²) in [5.41, 5.74) is 4.85. The maximum atomic E-state index is 13.4. The van der Waals surface area contributed by atoms with Gasteiger partial charge in [0.25, 0.3) is 5.91 Å². The zero-order valence-corrected chi connectivity index (χ0v) is 24.4. The van der Waals surface area contributed by atoms with Crippen molar-refractivity contribution in [3.8, 4) is 0 Å². The van der Waals surface area contributed by atoms with Gasteiger partial charge in [-0.3, -0.25) is 14.7 Å². The van der Waals surface area contributed by atoms with Gasteiger partial charge in [-0.05, 0) is 83.0 Å². The summed E-state index contributed by atoms with van der Waals surface area (Å²) in [6.07, 6.45) is 8.93. The third-order valence-corrected chi connectivity index (χ3v) is 7.80. The summed E-state index contributed by atoms with van der Waals surface area (Å²) >= 11 is 0. The minimum Gasteiger partial charge on any atom is -0.444 e. The van der Waals surface area contributed by atoms with Crippen molar-refractivity contribution in [1.29, 1.82) is 0 Å². The zero-order chi connectivity index (χ0) is 29.4. The fourth-order valence-corrected chi connectivity index (χ4v) is 5.89. The summed E-state index contributed by atoms with van der Waals surface area (Å²) in [4.78, 5) is 43.3. The highest BCUT2D eigenvalue weighted by atomic mass is 16.6. The number of allylic oxidation sites excluding steroid dienone is 1. The lowest BCUT2D eigenvalue weighted by atomic mass is 9.96. The molecule has 0 spiro atoms. The molecule has 10 nitrogen and oxygen atoms in total. The molecule has 3 aliphatic rings. The van der Waals surface area contributed by atoms with Gasteiger partial charge in [0.15, 0.2) is 6.20 Å². The number of pyridine rings is 1. The maximum absolute atomic E-state index is 13.4. The van der Waals surface area contributed by atoms with Gasteiger partial charge >= 0.3 is 6.09 Å². The van der Waals surface area contributed by atoms with Crippen molar-refractivity contribution >= 4 is 34.9 Å². The predicted octanol–water partition coefficient (Wildman–Crippen LogP) is 4.72. The Hall–Kier alpha value is -4.60. The molecule has 2 saturated heterocycles. The summed E-state index contributed by atoms with van der Waals surface area (Å²) in [5.74, 6) is 0.444. The lowest BCUT2D eigenvalue weighted by Crippen LogP contribution is -2.57.